The number of benzene rings is 2. The number of nitrogens with one attached hydrogen (secondary N) is 2. The second-order valence-corrected chi connectivity index (χ2v) is 7.52. The van der Waals surface area contributed by atoms with Crippen molar-refractivity contribution in [2.45, 2.75) is 46.4 Å². The molecule has 0 amide bonds. The smallest absolute Gasteiger partial charge is 0.191 e. The zero-order valence-corrected chi connectivity index (χ0v) is 19.8. The van der Waals surface area contributed by atoms with Crippen LogP contribution in [0, 0.1) is 24.1 Å². The van der Waals surface area contributed by atoms with Crippen LogP contribution in [0.3, 0.4) is 0 Å². The highest BCUT2D eigenvalue weighted by atomic mass is 127. The molecule has 2 aromatic rings. The Labute approximate surface area is 189 Å². The van der Waals surface area contributed by atoms with Gasteiger partial charge in [0, 0.05) is 31.3 Å². The summed E-state index contributed by atoms with van der Waals surface area (Å²) in [5.41, 5.74) is 2.61. The zero-order valence-electron chi connectivity index (χ0n) is 17.5. The van der Waals surface area contributed by atoms with E-state index in [-0.39, 0.29) is 36.1 Å². The molecule has 0 aliphatic carbocycles. The minimum absolute atomic E-state index is 0. The van der Waals surface area contributed by atoms with E-state index in [2.05, 4.69) is 15.6 Å². The average molecular weight is 510 g/mol. The third-order valence-electron chi connectivity index (χ3n) is 3.94. The standard InChI is InChI=1S/C22H27FN4O.HI/c1-15-6-8-18(20(10-15)28-22(2,3)4)14-27-21(25-5)26-13-17-9-7-16(12-24)11-19(17)23;/h6-11H,13-14H2,1-5H3,(H2,25,26,27);1H. The minimum atomic E-state index is -0.415. The van der Waals surface area contributed by atoms with Crippen LogP contribution in [0.2, 0.25) is 0 Å². The highest BCUT2D eigenvalue weighted by molar-refractivity contribution is 14.0. The predicted octanol–water partition coefficient (Wildman–Crippen LogP) is 4.67. The first-order chi connectivity index (χ1) is 13.2. The molecule has 29 heavy (non-hydrogen) atoms. The number of hydrogen-bond acceptors (Lipinski definition) is 3. The van der Waals surface area contributed by atoms with Crippen LogP contribution in [0.25, 0.3) is 0 Å². The van der Waals surface area contributed by atoms with Gasteiger partial charge in [-0.05, 0) is 51.5 Å². The maximum atomic E-state index is 14.0. The van der Waals surface area contributed by atoms with Gasteiger partial charge in [-0.15, -0.1) is 24.0 Å². The van der Waals surface area contributed by atoms with Crippen LogP contribution in [-0.2, 0) is 13.1 Å². The topological polar surface area (TPSA) is 69.4 Å². The molecule has 0 saturated carbocycles. The van der Waals surface area contributed by atoms with Gasteiger partial charge in [0.15, 0.2) is 5.96 Å². The van der Waals surface area contributed by atoms with Crippen LogP contribution in [-0.4, -0.2) is 18.6 Å². The van der Waals surface area contributed by atoms with E-state index >= 15 is 0 Å². The molecule has 0 bridgehead atoms. The number of rotatable bonds is 5. The van der Waals surface area contributed by atoms with E-state index < -0.39 is 5.82 Å². The van der Waals surface area contributed by atoms with Crippen molar-refractivity contribution in [3.8, 4) is 11.8 Å². The Bertz CT molecular complexity index is 901. The van der Waals surface area contributed by atoms with E-state index in [1.54, 1.807) is 19.2 Å². The number of guanidine groups is 1. The SMILES string of the molecule is CN=C(NCc1ccc(C#N)cc1F)NCc1ccc(C)cc1OC(C)(C)C.I. The molecule has 0 aliphatic rings. The normalized spacial score (nSPS) is 11.3. The molecule has 2 aromatic carbocycles. The van der Waals surface area contributed by atoms with Crippen LogP contribution < -0.4 is 15.4 Å². The maximum Gasteiger partial charge on any atom is 0.191 e. The predicted molar refractivity (Wildman–Crippen MR) is 125 cm³/mol. The Hall–Kier alpha value is -2.34. The molecule has 0 radical (unpaired) electrons. The molecule has 2 N–H and O–H groups in total. The lowest BCUT2D eigenvalue weighted by Gasteiger charge is -2.24. The molecular weight excluding hydrogens is 482 g/mol. The van der Waals surface area contributed by atoms with Gasteiger partial charge in [0.1, 0.15) is 17.2 Å². The number of aliphatic imine (C=N–C) groups is 1. The summed E-state index contributed by atoms with van der Waals surface area (Å²) in [4.78, 5) is 4.18. The number of nitrogens with zero attached hydrogens (tertiary/aromatic N) is 2. The lowest BCUT2D eigenvalue weighted by atomic mass is 10.1. The number of ether oxygens (including phenoxy) is 1. The van der Waals surface area contributed by atoms with Gasteiger partial charge in [-0.2, -0.15) is 5.26 Å². The first kappa shape index (κ1) is 24.7. The number of halogens is 2. The Morgan fingerprint density at radius 1 is 1.10 bits per heavy atom. The zero-order chi connectivity index (χ0) is 20.7. The van der Waals surface area contributed by atoms with Crippen molar-refractivity contribution in [1.82, 2.24) is 10.6 Å². The van der Waals surface area contributed by atoms with Gasteiger partial charge in [0.25, 0.3) is 0 Å². The summed E-state index contributed by atoms with van der Waals surface area (Å²) in [6, 6.07) is 12.4. The van der Waals surface area contributed by atoms with E-state index in [0.717, 1.165) is 16.9 Å². The summed E-state index contributed by atoms with van der Waals surface area (Å²) in [6.45, 7) is 8.84. The van der Waals surface area contributed by atoms with Gasteiger partial charge in [-0.25, -0.2) is 4.39 Å². The maximum absolute atomic E-state index is 14.0. The van der Waals surface area contributed by atoms with E-state index in [4.69, 9.17) is 10.00 Å². The Morgan fingerprint density at radius 3 is 2.28 bits per heavy atom. The fourth-order valence-electron chi connectivity index (χ4n) is 2.57. The van der Waals surface area contributed by atoms with Crippen LogP contribution in [0.5, 0.6) is 5.75 Å². The van der Waals surface area contributed by atoms with E-state index in [1.165, 1.54) is 6.07 Å². The van der Waals surface area contributed by atoms with Gasteiger partial charge >= 0.3 is 0 Å². The molecule has 156 valence electrons. The fourth-order valence-corrected chi connectivity index (χ4v) is 2.57. The van der Waals surface area contributed by atoms with Crippen LogP contribution in [0.1, 0.15) is 43.0 Å². The Morgan fingerprint density at radius 2 is 1.72 bits per heavy atom. The van der Waals surface area contributed by atoms with Crippen LogP contribution in [0.4, 0.5) is 4.39 Å². The molecule has 0 saturated heterocycles. The van der Waals surface area contributed by atoms with Gasteiger partial charge in [-0.1, -0.05) is 18.2 Å². The van der Waals surface area contributed by atoms with Gasteiger partial charge in [-0.3, -0.25) is 4.99 Å². The summed E-state index contributed by atoms with van der Waals surface area (Å²) in [7, 11) is 1.66. The summed E-state index contributed by atoms with van der Waals surface area (Å²) >= 11 is 0. The Kier molecular flexibility index (Phi) is 9.37. The third-order valence-corrected chi connectivity index (χ3v) is 3.94. The van der Waals surface area contributed by atoms with Crippen LogP contribution >= 0.6 is 24.0 Å². The monoisotopic (exact) mass is 510 g/mol. The van der Waals surface area contributed by atoms with Crippen LogP contribution in [0.15, 0.2) is 41.4 Å². The molecule has 2 rings (SSSR count). The number of hydrogen-bond donors (Lipinski definition) is 2. The highest BCUT2D eigenvalue weighted by Crippen LogP contribution is 2.24. The molecule has 0 aromatic heterocycles. The van der Waals surface area contributed by atoms with Gasteiger partial charge in [0.2, 0.25) is 0 Å². The second-order valence-electron chi connectivity index (χ2n) is 7.52. The van der Waals surface area contributed by atoms with E-state index in [1.807, 2.05) is 52.0 Å². The molecule has 0 fully saturated rings. The quantitative estimate of drug-likeness (QED) is 0.349. The van der Waals surface area contributed by atoms with Crippen molar-refractivity contribution < 1.29 is 9.13 Å². The largest absolute Gasteiger partial charge is 0.488 e. The Balaban J connectivity index is 0.00000420. The molecule has 0 aliphatic heterocycles. The molecule has 7 heteroatoms. The highest BCUT2D eigenvalue weighted by Gasteiger charge is 2.15. The summed E-state index contributed by atoms with van der Waals surface area (Å²) < 4.78 is 20.1. The lowest BCUT2D eigenvalue weighted by molar-refractivity contribution is 0.129. The molecule has 5 nitrogen and oxygen atoms in total. The van der Waals surface area contributed by atoms with Crippen molar-refractivity contribution in [2.75, 3.05) is 7.05 Å². The first-order valence-corrected chi connectivity index (χ1v) is 9.13. The average Bonchev–Trinajstić information content (AvgIpc) is 2.62. The minimum Gasteiger partial charge on any atom is -0.488 e. The molecule has 0 atom stereocenters. The first-order valence-electron chi connectivity index (χ1n) is 9.13. The summed E-state index contributed by atoms with van der Waals surface area (Å²) in [6.07, 6.45) is 0. The number of nitriles is 1. The van der Waals surface area contributed by atoms with E-state index in [9.17, 15) is 4.39 Å². The fraction of sp³-hybridized carbons (Fsp3) is 0.364. The van der Waals surface area contributed by atoms with Gasteiger partial charge in [0.05, 0.1) is 11.6 Å². The molecule has 0 spiro atoms. The van der Waals surface area contributed by atoms with Gasteiger partial charge < -0.3 is 15.4 Å². The number of aryl methyl sites for hydroxylation is 1. The van der Waals surface area contributed by atoms with Crippen molar-refractivity contribution in [1.29, 1.82) is 5.26 Å². The van der Waals surface area contributed by atoms with Crippen molar-refractivity contribution in [3.05, 3.63) is 64.5 Å². The van der Waals surface area contributed by atoms with Crippen molar-refractivity contribution >= 4 is 29.9 Å². The summed E-state index contributed by atoms with van der Waals surface area (Å²) in [5.74, 6) is 0.959. The molecule has 0 heterocycles. The lowest BCUT2D eigenvalue weighted by Crippen LogP contribution is -2.36. The summed E-state index contributed by atoms with van der Waals surface area (Å²) in [5, 5.41) is 15.1. The van der Waals surface area contributed by atoms with Crippen molar-refractivity contribution in [3.63, 3.8) is 0 Å². The molecular formula is C22H28FIN4O. The van der Waals surface area contributed by atoms with Crippen molar-refractivity contribution in [2.24, 2.45) is 4.99 Å². The third kappa shape index (κ3) is 7.89. The van der Waals surface area contributed by atoms with E-state index in [0.29, 0.717) is 23.6 Å². The second kappa shape index (κ2) is 11.0. The molecule has 0 unspecified atom stereocenters.